The number of hydrogen-bond donors (Lipinski definition) is 1. The fourth-order valence-electron chi connectivity index (χ4n) is 4.44. The van der Waals surface area contributed by atoms with Gasteiger partial charge in [0.15, 0.2) is 0 Å². The zero-order valence-electron chi connectivity index (χ0n) is 13.4. The van der Waals surface area contributed by atoms with E-state index in [1.807, 2.05) is 0 Å². The molecule has 1 N–H and O–H groups in total. The molecule has 4 rings (SSSR count). The lowest BCUT2D eigenvalue weighted by Crippen LogP contribution is -2.42. The average molecular weight is 292 g/mol. The summed E-state index contributed by atoms with van der Waals surface area (Å²) in [5.41, 5.74) is 4.10. The molecule has 22 heavy (non-hydrogen) atoms. The number of nitrogens with one attached hydrogen (secondary N) is 1. The Hall–Kier alpha value is -1.80. The lowest BCUT2D eigenvalue weighted by Gasteiger charge is -2.32. The first-order valence-corrected chi connectivity index (χ1v) is 8.34. The van der Waals surface area contributed by atoms with Gasteiger partial charge in [0.05, 0.1) is 0 Å². The number of para-hydroxylation sites is 1. The van der Waals surface area contributed by atoms with Crippen LogP contribution < -0.4 is 0 Å². The van der Waals surface area contributed by atoms with Crippen LogP contribution >= 0.6 is 0 Å². The summed E-state index contributed by atoms with van der Waals surface area (Å²) in [6, 6.07) is 10.2. The molecule has 3 atom stereocenters. The highest BCUT2D eigenvalue weighted by atomic mass is 15.2. The van der Waals surface area contributed by atoms with E-state index in [-0.39, 0.29) is 0 Å². The number of aromatic nitrogens is 1. The maximum atomic E-state index is 4.41. The molecule has 2 aliphatic rings. The van der Waals surface area contributed by atoms with E-state index < -0.39 is 0 Å². The number of fused-ring (bicyclic) bond motifs is 3. The first kappa shape index (κ1) is 13.8. The van der Waals surface area contributed by atoms with E-state index in [4.69, 9.17) is 0 Å². The molecule has 1 aromatic carbocycles. The van der Waals surface area contributed by atoms with Crippen molar-refractivity contribution in [1.29, 1.82) is 0 Å². The Balaban J connectivity index is 1.71. The van der Waals surface area contributed by atoms with Crippen LogP contribution in [0.25, 0.3) is 10.9 Å². The summed E-state index contributed by atoms with van der Waals surface area (Å²) in [4.78, 5) is 6.09. The van der Waals surface area contributed by atoms with Crippen molar-refractivity contribution in [2.75, 3.05) is 0 Å². The number of aromatic amines is 1. The van der Waals surface area contributed by atoms with Gasteiger partial charge in [0, 0.05) is 41.1 Å². The number of nitrogens with zero attached hydrogens (tertiary/aromatic N) is 1. The quantitative estimate of drug-likeness (QED) is 0.836. The largest absolute Gasteiger partial charge is 0.361 e. The van der Waals surface area contributed by atoms with Gasteiger partial charge in [-0.25, -0.2) is 0 Å². The van der Waals surface area contributed by atoms with Crippen LogP contribution in [0.5, 0.6) is 0 Å². The van der Waals surface area contributed by atoms with Crippen molar-refractivity contribution in [3.63, 3.8) is 0 Å². The maximum absolute atomic E-state index is 4.41. The Morgan fingerprint density at radius 3 is 2.95 bits per heavy atom. The number of rotatable bonds is 3. The van der Waals surface area contributed by atoms with Crippen molar-refractivity contribution >= 4 is 10.9 Å². The highest BCUT2D eigenvalue weighted by Crippen LogP contribution is 2.43. The van der Waals surface area contributed by atoms with Gasteiger partial charge in [0.25, 0.3) is 0 Å². The third kappa shape index (κ3) is 1.98. The van der Waals surface area contributed by atoms with Crippen molar-refractivity contribution in [3.05, 3.63) is 60.3 Å². The van der Waals surface area contributed by atoms with Crippen molar-refractivity contribution in [1.82, 2.24) is 9.88 Å². The predicted molar refractivity (Wildman–Crippen MR) is 92.9 cm³/mol. The van der Waals surface area contributed by atoms with Gasteiger partial charge in [-0.2, -0.15) is 0 Å². The fourth-order valence-corrected chi connectivity index (χ4v) is 4.44. The van der Waals surface area contributed by atoms with E-state index in [9.17, 15) is 0 Å². The van der Waals surface area contributed by atoms with Crippen LogP contribution in [-0.2, 0) is 6.42 Å². The van der Waals surface area contributed by atoms with Gasteiger partial charge < -0.3 is 4.98 Å². The van der Waals surface area contributed by atoms with Crippen molar-refractivity contribution in [2.24, 2.45) is 5.92 Å². The molecule has 1 fully saturated rings. The number of benzene rings is 1. The SMILES string of the molecule is C=C1[C@H]2CC=C[C@@H]1N(C(C)C)[C@H]2Cc1c[nH]c2ccccc12. The highest BCUT2D eigenvalue weighted by Gasteiger charge is 2.45. The van der Waals surface area contributed by atoms with Crippen LogP contribution in [0.15, 0.2) is 54.8 Å². The van der Waals surface area contributed by atoms with Crippen molar-refractivity contribution < 1.29 is 0 Å². The van der Waals surface area contributed by atoms with Crippen LogP contribution in [0.3, 0.4) is 0 Å². The summed E-state index contributed by atoms with van der Waals surface area (Å²) in [6.45, 7) is 9.03. The van der Waals surface area contributed by atoms with E-state index in [2.05, 4.69) is 72.9 Å². The third-order valence-electron chi connectivity index (χ3n) is 5.43. The Morgan fingerprint density at radius 1 is 1.32 bits per heavy atom. The highest BCUT2D eigenvalue weighted by molar-refractivity contribution is 5.83. The topological polar surface area (TPSA) is 19.0 Å². The van der Waals surface area contributed by atoms with Crippen molar-refractivity contribution in [2.45, 2.75) is 44.8 Å². The summed E-state index contributed by atoms with van der Waals surface area (Å²) >= 11 is 0. The molecule has 2 nitrogen and oxygen atoms in total. The Bertz CT molecular complexity index is 737. The van der Waals surface area contributed by atoms with Crippen LogP contribution in [0.1, 0.15) is 25.8 Å². The van der Waals surface area contributed by atoms with E-state index >= 15 is 0 Å². The molecule has 1 aliphatic carbocycles. The Kier molecular flexibility index (Phi) is 3.23. The minimum Gasteiger partial charge on any atom is -0.361 e. The number of allylic oxidation sites excluding steroid dienone is 1. The molecule has 0 amide bonds. The molecule has 0 unspecified atom stereocenters. The van der Waals surface area contributed by atoms with Gasteiger partial charge in [0.1, 0.15) is 0 Å². The zero-order chi connectivity index (χ0) is 15.3. The monoisotopic (exact) mass is 292 g/mol. The van der Waals surface area contributed by atoms with Crippen LogP contribution in [0.4, 0.5) is 0 Å². The predicted octanol–water partition coefficient (Wildman–Crippen LogP) is 4.30. The second-order valence-electron chi connectivity index (χ2n) is 6.96. The second-order valence-corrected chi connectivity index (χ2v) is 6.96. The molecule has 0 saturated carbocycles. The minimum absolute atomic E-state index is 0.439. The first-order chi connectivity index (χ1) is 10.7. The van der Waals surface area contributed by atoms with E-state index in [1.165, 1.54) is 22.0 Å². The molecule has 2 heteroatoms. The first-order valence-electron chi connectivity index (χ1n) is 8.34. The third-order valence-corrected chi connectivity index (χ3v) is 5.43. The van der Waals surface area contributed by atoms with Gasteiger partial charge in [-0.15, -0.1) is 0 Å². The average Bonchev–Trinajstić information content (AvgIpc) is 2.94. The van der Waals surface area contributed by atoms with Gasteiger partial charge in [0.2, 0.25) is 0 Å². The molecule has 0 radical (unpaired) electrons. The summed E-state index contributed by atoms with van der Waals surface area (Å²) in [5, 5.41) is 1.37. The minimum atomic E-state index is 0.439. The summed E-state index contributed by atoms with van der Waals surface area (Å²) in [5.74, 6) is 0.603. The Morgan fingerprint density at radius 2 is 2.14 bits per heavy atom. The summed E-state index contributed by atoms with van der Waals surface area (Å²) in [7, 11) is 0. The second kappa shape index (κ2) is 5.13. The molecular weight excluding hydrogens is 268 g/mol. The maximum Gasteiger partial charge on any atom is 0.0497 e. The van der Waals surface area contributed by atoms with Gasteiger partial charge >= 0.3 is 0 Å². The zero-order valence-corrected chi connectivity index (χ0v) is 13.4. The van der Waals surface area contributed by atoms with Crippen molar-refractivity contribution in [3.8, 4) is 0 Å². The smallest absolute Gasteiger partial charge is 0.0497 e. The molecule has 2 aromatic rings. The number of H-pyrrole nitrogens is 1. The van der Waals surface area contributed by atoms with Crippen LogP contribution in [0.2, 0.25) is 0 Å². The molecule has 1 aromatic heterocycles. The summed E-state index contributed by atoms with van der Waals surface area (Å²) in [6.07, 6.45) is 9.15. The molecule has 0 spiro atoms. The molecule has 1 aliphatic heterocycles. The van der Waals surface area contributed by atoms with E-state index in [0.29, 0.717) is 24.0 Å². The van der Waals surface area contributed by atoms with E-state index in [1.54, 1.807) is 0 Å². The molecule has 114 valence electrons. The number of hydrogen-bond acceptors (Lipinski definition) is 1. The van der Waals surface area contributed by atoms with E-state index in [0.717, 1.165) is 12.8 Å². The van der Waals surface area contributed by atoms with Crippen LogP contribution in [-0.4, -0.2) is 28.0 Å². The normalized spacial score (nSPS) is 28.1. The molecule has 2 heterocycles. The van der Waals surface area contributed by atoms with Crippen LogP contribution in [0, 0.1) is 5.92 Å². The fraction of sp³-hybridized carbons (Fsp3) is 0.400. The Labute approximate surface area is 132 Å². The van der Waals surface area contributed by atoms with Gasteiger partial charge in [-0.3, -0.25) is 4.90 Å². The number of likely N-dealkylation sites (tertiary alicyclic amines) is 1. The standard InChI is InChI=1S/C20H24N2/c1-13(2)22-19-10-6-8-16(14(19)3)20(22)11-15-12-21-18-9-5-4-7-17(15)18/h4-7,9-10,12-13,16,19-21H,3,8,11H2,1-2H3/t16-,19+,20+/m1/s1. The summed E-state index contributed by atoms with van der Waals surface area (Å²) < 4.78 is 0. The van der Waals surface area contributed by atoms with Gasteiger partial charge in [-0.1, -0.05) is 42.5 Å². The van der Waals surface area contributed by atoms with Gasteiger partial charge in [-0.05, 0) is 38.3 Å². The lowest BCUT2D eigenvalue weighted by atomic mass is 9.85. The molecule has 2 bridgehead atoms. The molecule has 1 saturated heterocycles. The lowest BCUT2D eigenvalue weighted by molar-refractivity contribution is 0.160. The molecular formula is C20H24N2.